The molecule has 0 aliphatic heterocycles. The maximum Gasteiger partial charge on any atom is 0.303 e. The molecule has 2 aromatic carbocycles. The van der Waals surface area contributed by atoms with Crippen molar-refractivity contribution in [3.05, 3.63) is 72.1 Å². The zero-order chi connectivity index (χ0) is 19.4. The van der Waals surface area contributed by atoms with Crippen molar-refractivity contribution in [2.75, 3.05) is 0 Å². The summed E-state index contributed by atoms with van der Waals surface area (Å²) in [6.07, 6.45) is 4.35. The molecule has 0 aliphatic rings. The predicted molar refractivity (Wildman–Crippen MR) is 108 cm³/mol. The summed E-state index contributed by atoms with van der Waals surface area (Å²) < 4.78 is 0. The molecule has 0 fully saturated rings. The number of aromatic nitrogens is 2. The third kappa shape index (κ3) is 4.79. The van der Waals surface area contributed by atoms with Crippen LogP contribution in [-0.4, -0.2) is 21.0 Å². The number of carboxylic acids is 1. The van der Waals surface area contributed by atoms with Gasteiger partial charge in [-0.1, -0.05) is 69.3 Å². The first kappa shape index (κ1) is 18.8. The summed E-state index contributed by atoms with van der Waals surface area (Å²) in [6.45, 7) is 6.60. The zero-order valence-electron chi connectivity index (χ0n) is 15.9. The van der Waals surface area contributed by atoms with Crippen LogP contribution in [0.15, 0.2) is 60.9 Å². The van der Waals surface area contributed by atoms with Crippen LogP contribution in [0.1, 0.15) is 38.3 Å². The van der Waals surface area contributed by atoms with E-state index in [9.17, 15) is 4.79 Å². The van der Waals surface area contributed by atoms with E-state index in [0.717, 1.165) is 22.3 Å². The SMILES string of the molecule is CC(C)(C)c1ccc(-c2cnc(-c3ccc(CCC(=O)O)cc3)nc2)cc1. The minimum Gasteiger partial charge on any atom is -0.481 e. The molecule has 0 saturated heterocycles. The van der Waals surface area contributed by atoms with E-state index >= 15 is 0 Å². The molecule has 0 aliphatic carbocycles. The summed E-state index contributed by atoms with van der Waals surface area (Å²) in [7, 11) is 0. The van der Waals surface area contributed by atoms with Crippen LogP contribution in [0.2, 0.25) is 0 Å². The van der Waals surface area contributed by atoms with Gasteiger partial charge in [-0.2, -0.15) is 0 Å². The molecule has 0 radical (unpaired) electrons. The van der Waals surface area contributed by atoms with Gasteiger partial charge in [-0.05, 0) is 28.5 Å². The van der Waals surface area contributed by atoms with Gasteiger partial charge < -0.3 is 5.11 Å². The number of hydrogen-bond donors (Lipinski definition) is 1. The minimum atomic E-state index is -0.784. The van der Waals surface area contributed by atoms with E-state index < -0.39 is 5.97 Å². The topological polar surface area (TPSA) is 63.1 Å². The Hall–Kier alpha value is -3.01. The average molecular weight is 360 g/mol. The van der Waals surface area contributed by atoms with Gasteiger partial charge in [-0.25, -0.2) is 9.97 Å². The van der Waals surface area contributed by atoms with Crippen molar-refractivity contribution < 1.29 is 9.90 Å². The van der Waals surface area contributed by atoms with Gasteiger partial charge in [0.1, 0.15) is 0 Å². The Morgan fingerprint density at radius 3 is 1.93 bits per heavy atom. The maximum atomic E-state index is 10.7. The zero-order valence-corrected chi connectivity index (χ0v) is 15.9. The van der Waals surface area contributed by atoms with Crippen LogP contribution in [0.25, 0.3) is 22.5 Å². The highest BCUT2D eigenvalue weighted by molar-refractivity contribution is 5.67. The molecule has 4 nitrogen and oxygen atoms in total. The number of rotatable bonds is 5. The normalized spacial score (nSPS) is 11.4. The van der Waals surface area contributed by atoms with E-state index in [1.807, 2.05) is 36.7 Å². The lowest BCUT2D eigenvalue weighted by Crippen LogP contribution is -2.10. The van der Waals surface area contributed by atoms with Gasteiger partial charge in [0.25, 0.3) is 0 Å². The fourth-order valence-corrected chi connectivity index (χ4v) is 2.86. The van der Waals surface area contributed by atoms with Gasteiger partial charge in [0, 0.05) is 29.9 Å². The van der Waals surface area contributed by atoms with Crippen molar-refractivity contribution in [2.24, 2.45) is 0 Å². The van der Waals surface area contributed by atoms with Crippen molar-refractivity contribution >= 4 is 5.97 Å². The third-order valence-electron chi connectivity index (χ3n) is 4.58. The highest BCUT2D eigenvalue weighted by atomic mass is 16.4. The second-order valence-corrected chi connectivity index (χ2v) is 7.71. The lowest BCUT2D eigenvalue weighted by Gasteiger charge is -2.19. The average Bonchev–Trinajstić information content (AvgIpc) is 2.66. The smallest absolute Gasteiger partial charge is 0.303 e. The molecule has 0 unspecified atom stereocenters. The van der Waals surface area contributed by atoms with E-state index in [0.29, 0.717) is 12.2 Å². The maximum absolute atomic E-state index is 10.7. The van der Waals surface area contributed by atoms with Gasteiger partial charge in [-0.3, -0.25) is 4.79 Å². The summed E-state index contributed by atoms with van der Waals surface area (Å²) in [6, 6.07) is 16.3. The van der Waals surface area contributed by atoms with Crippen molar-refractivity contribution in [3.63, 3.8) is 0 Å². The number of benzene rings is 2. The minimum absolute atomic E-state index is 0.134. The van der Waals surface area contributed by atoms with Crippen LogP contribution in [-0.2, 0) is 16.6 Å². The molecule has 27 heavy (non-hydrogen) atoms. The fraction of sp³-hybridized carbons (Fsp3) is 0.261. The molecule has 138 valence electrons. The van der Waals surface area contributed by atoms with Crippen LogP contribution in [0, 0.1) is 0 Å². The third-order valence-corrected chi connectivity index (χ3v) is 4.58. The molecule has 0 bridgehead atoms. The van der Waals surface area contributed by atoms with Gasteiger partial charge in [0.2, 0.25) is 0 Å². The summed E-state index contributed by atoms with van der Waals surface area (Å²) in [4.78, 5) is 19.6. The van der Waals surface area contributed by atoms with Crippen LogP contribution < -0.4 is 0 Å². The van der Waals surface area contributed by atoms with E-state index in [4.69, 9.17) is 5.11 Å². The molecule has 0 atom stereocenters. The Morgan fingerprint density at radius 2 is 1.41 bits per heavy atom. The van der Waals surface area contributed by atoms with E-state index in [1.165, 1.54) is 5.56 Å². The molecule has 0 amide bonds. The lowest BCUT2D eigenvalue weighted by atomic mass is 9.86. The highest BCUT2D eigenvalue weighted by Gasteiger charge is 2.13. The molecular weight excluding hydrogens is 336 g/mol. The first-order chi connectivity index (χ1) is 12.8. The van der Waals surface area contributed by atoms with E-state index in [1.54, 1.807) is 0 Å². The monoisotopic (exact) mass is 360 g/mol. The predicted octanol–water partition coefficient (Wildman–Crippen LogP) is 5.13. The Labute approximate surface area is 159 Å². The fourth-order valence-electron chi connectivity index (χ4n) is 2.86. The molecular formula is C23H24N2O2. The Kier molecular flexibility index (Phi) is 5.36. The molecule has 1 heterocycles. The van der Waals surface area contributed by atoms with Crippen molar-refractivity contribution in [1.29, 1.82) is 0 Å². The Morgan fingerprint density at radius 1 is 0.852 bits per heavy atom. The van der Waals surface area contributed by atoms with Crippen molar-refractivity contribution in [3.8, 4) is 22.5 Å². The molecule has 0 spiro atoms. The van der Waals surface area contributed by atoms with E-state index in [-0.39, 0.29) is 11.8 Å². The molecule has 0 saturated carbocycles. The summed E-state index contributed by atoms with van der Waals surface area (Å²) in [5, 5.41) is 8.76. The van der Waals surface area contributed by atoms with Crippen molar-refractivity contribution in [1.82, 2.24) is 9.97 Å². The van der Waals surface area contributed by atoms with E-state index in [2.05, 4.69) is 55.0 Å². The number of carboxylic acid groups (broad SMARTS) is 1. The summed E-state index contributed by atoms with van der Waals surface area (Å²) >= 11 is 0. The van der Waals surface area contributed by atoms with Crippen LogP contribution in [0.3, 0.4) is 0 Å². The van der Waals surface area contributed by atoms with Crippen LogP contribution >= 0.6 is 0 Å². The van der Waals surface area contributed by atoms with Crippen LogP contribution in [0.4, 0.5) is 0 Å². The molecule has 1 N–H and O–H groups in total. The summed E-state index contributed by atoms with van der Waals surface area (Å²) in [5.41, 5.74) is 5.43. The highest BCUT2D eigenvalue weighted by Crippen LogP contribution is 2.26. The Bertz CT molecular complexity index is 907. The number of carbonyl (C=O) groups is 1. The van der Waals surface area contributed by atoms with Crippen molar-refractivity contribution in [2.45, 2.75) is 39.0 Å². The quantitative estimate of drug-likeness (QED) is 0.685. The molecule has 4 heteroatoms. The number of aliphatic carboxylic acids is 1. The molecule has 3 aromatic rings. The number of aryl methyl sites for hydroxylation is 1. The number of nitrogens with zero attached hydrogens (tertiary/aromatic N) is 2. The first-order valence-electron chi connectivity index (χ1n) is 9.07. The van der Waals surface area contributed by atoms with Gasteiger partial charge >= 0.3 is 5.97 Å². The molecule has 3 rings (SSSR count). The number of hydrogen-bond acceptors (Lipinski definition) is 3. The first-order valence-corrected chi connectivity index (χ1v) is 9.07. The Balaban J connectivity index is 1.74. The van der Waals surface area contributed by atoms with Gasteiger partial charge in [0.15, 0.2) is 5.82 Å². The van der Waals surface area contributed by atoms with Gasteiger partial charge in [-0.15, -0.1) is 0 Å². The summed E-state index contributed by atoms with van der Waals surface area (Å²) in [5.74, 6) is -0.122. The second-order valence-electron chi connectivity index (χ2n) is 7.71. The lowest BCUT2D eigenvalue weighted by molar-refractivity contribution is -0.136. The standard InChI is InChI=1S/C23H24N2O2/c1-23(2,3)20-11-9-17(10-12-20)19-14-24-22(25-15-19)18-7-4-16(5-8-18)6-13-21(26)27/h4-5,7-12,14-15H,6,13H2,1-3H3,(H,26,27). The van der Waals surface area contributed by atoms with Crippen LogP contribution in [0.5, 0.6) is 0 Å². The largest absolute Gasteiger partial charge is 0.481 e. The second kappa shape index (κ2) is 7.70. The van der Waals surface area contributed by atoms with Gasteiger partial charge in [0.05, 0.1) is 0 Å². The molecule has 1 aromatic heterocycles.